The highest BCUT2D eigenvalue weighted by atomic mass is 32.1. The smallest absolute Gasteiger partial charge is 0.411 e. The van der Waals surface area contributed by atoms with E-state index >= 15 is 0 Å². The van der Waals surface area contributed by atoms with Gasteiger partial charge in [0, 0.05) is 28.6 Å². The van der Waals surface area contributed by atoms with Crippen LogP contribution < -0.4 is 16.0 Å². The number of aromatic nitrogens is 1. The molecular weight excluding hydrogens is 428 g/mol. The third-order valence-corrected chi connectivity index (χ3v) is 6.33. The van der Waals surface area contributed by atoms with Gasteiger partial charge in [-0.1, -0.05) is 0 Å². The number of carbonyl (C=O) groups is 3. The van der Waals surface area contributed by atoms with Gasteiger partial charge < -0.3 is 15.4 Å². The molecule has 0 spiro atoms. The molecule has 1 aliphatic rings. The molecule has 1 aromatic carbocycles. The zero-order chi connectivity index (χ0) is 22.5. The van der Waals surface area contributed by atoms with Gasteiger partial charge in [-0.2, -0.15) is 0 Å². The maximum Gasteiger partial charge on any atom is 0.411 e. The van der Waals surface area contributed by atoms with E-state index in [4.69, 9.17) is 0 Å². The average Bonchev–Trinajstić information content (AvgIpc) is 3.18. The summed E-state index contributed by atoms with van der Waals surface area (Å²) in [5.74, 6) is -0.580. The van der Waals surface area contributed by atoms with Crippen molar-refractivity contribution >= 4 is 45.6 Å². The molecule has 0 unspecified atom stereocenters. The zero-order valence-corrected chi connectivity index (χ0v) is 18.3. The first-order valence-electron chi connectivity index (χ1n) is 10.2. The van der Waals surface area contributed by atoms with Crippen LogP contribution >= 0.6 is 11.3 Å². The van der Waals surface area contributed by atoms with Gasteiger partial charge in [0.05, 0.1) is 18.2 Å². The number of nitrogens with zero attached hydrogens (tertiary/aromatic N) is 1. The molecule has 0 aliphatic heterocycles. The number of methoxy groups -OCH3 is 1. The first kappa shape index (κ1) is 21.5. The van der Waals surface area contributed by atoms with Crippen LogP contribution in [0.2, 0.25) is 0 Å². The van der Waals surface area contributed by atoms with Crippen molar-refractivity contribution < 1.29 is 19.1 Å². The molecular formula is C23H22N4O4S. The van der Waals surface area contributed by atoms with E-state index in [1.54, 1.807) is 42.6 Å². The van der Waals surface area contributed by atoms with E-state index in [9.17, 15) is 14.4 Å². The van der Waals surface area contributed by atoms with Gasteiger partial charge in [-0.3, -0.25) is 19.9 Å². The molecule has 0 atom stereocenters. The molecule has 3 aromatic rings. The highest BCUT2D eigenvalue weighted by molar-refractivity contribution is 7.17. The minimum atomic E-state index is -0.569. The van der Waals surface area contributed by atoms with Crippen LogP contribution in [-0.4, -0.2) is 30.0 Å². The minimum Gasteiger partial charge on any atom is -0.453 e. The van der Waals surface area contributed by atoms with E-state index in [2.05, 4.69) is 25.7 Å². The number of amides is 3. The SMILES string of the molecule is COC(=O)Nc1ccc(NC(=O)c2c(NC(=O)c3cccnc3)sc3c2CCCC3)cc1. The molecule has 2 heterocycles. The summed E-state index contributed by atoms with van der Waals surface area (Å²) >= 11 is 1.46. The maximum absolute atomic E-state index is 13.2. The fourth-order valence-electron chi connectivity index (χ4n) is 3.57. The molecule has 0 saturated heterocycles. The number of carbonyl (C=O) groups excluding carboxylic acids is 3. The topological polar surface area (TPSA) is 109 Å². The Balaban J connectivity index is 1.56. The summed E-state index contributed by atoms with van der Waals surface area (Å²) in [4.78, 5) is 42.4. The van der Waals surface area contributed by atoms with Crippen LogP contribution in [0.4, 0.5) is 21.2 Å². The van der Waals surface area contributed by atoms with Crippen LogP contribution in [0.25, 0.3) is 0 Å². The Kier molecular flexibility index (Phi) is 6.46. The summed E-state index contributed by atoms with van der Waals surface area (Å²) in [6.45, 7) is 0. The lowest BCUT2D eigenvalue weighted by atomic mass is 9.95. The van der Waals surface area contributed by atoms with Gasteiger partial charge in [0.2, 0.25) is 0 Å². The molecule has 0 fully saturated rings. The molecule has 0 saturated carbocycles. The fraction of sp³-hybridized carbons (Fsp3) is 0.217. The molecule has 0 radical (unpaired) electrons. The molecule has 1 aliphatic carbocycles. The lowest BCUT2D eigenvalue weighted by Gasteiger charge is -2.13. The van der Waals surface area contributed by atoms with Crippen LogP contribution in [0.1, 0.15) is 44.0 Å². The number of aryl methyl sites for hydroxylation is 1. The van der Waals surface area contributed by atoms with Crippen LogP contribution in [0, 0.1) is 0 Å². The number of hydrogen-bond donors (Lipinski definition) is 3. The van der Waals surface area contributed by atoms with Crippen molar-refractivity contribution in [2.75, 3.05) is 23.1 Å². The van der Waals surface area contributed by atoms with Crippen LogP contribution in [0.3, 0.4) is 0 Å². The number of hydrogen-bond acceptors (Lipinski definition) is 6. The number of benzene rings is 1. The van der Waals surface area contributed by atoms with Gasteiger partial charge in [-0.05, 0) is 67.6 Å². The van der Waals surface area contributed by atoms with E-state index in [0.29, 0.717) is 27.5 Å². The Morgan fingerprint density at radius 3 is 2.34 bits per heavy atom. The highest BCUT2D eigenvalue weighted by Crippen LogP contribution is 2.38. The molecule has 3 amide bonds. The summed E-state index contributed by atoms with van der Waals surface area (Å²) in [5.41, 5.74) is 3.07. The number of ether oxygens (including phenoxy) is 1. The van der Waals surface area contributed by atoms with Crippen LogP contribution in [0.15, 0.2) is 48.8 Å². The summed E-state index contributed by atoms with van der Waals surface area (Å²) in [6.07, 6.45) is 6.31. The minimum absolute atomic E-state index is 0.278. The molecule has 164 valence electrons. The highest BCUT2D eigenvalue weighted by Gasteiger charge is 2.26. The molecule has 4 rings (SSSR count). The fourth-order valence-corrected chi connectivity index (χ4v) is 4.85. The van der Waals surface area contributed by atoms with E-state index in [-0.39, 0.29) is 11.8 Å². The standard InChI is InChI=1S/C23H22N4O4S/c1-31-23(30)26-16-10-8-15(9-11-16)25-21(29)19-17-6-2-3-7-18(17)32-22(19)27-20(28)14-5-4-12-24-13-14/h4-5,8-13H,2-3,6-7H2,1H3,(H,25,29)(H,26,30)(H,27,28). The number of fused-ring (bicyclic) bond motifs is 1. The van der Waals surface area contributed by atoms with Gasteiger partial charge in [0.25, 0.3) is 11.8 Å². The Morgan fingerprint density at radius 1 is 0.938 bits per heavy atom. The number of nitrogens with one attached hydrogen (secondary N) is 3. The monoisotopic (exact) mass is 450 g/mol. The number of rotatable bonds is 5. The average molecular weight is 451 g/mol. The van der Waals surface area contributed by atoms with E-state index in [0.717, 1.165) is 36.1 Å². The molecule has 3 N–H and O–H groups in total. The van der Waals surface area contributed by atoms with Crippen molar-refractivity contribution in [1.82, 2.24) is 4.98 Å². The second-order valence-electron chi connectivity index (χ2n) is 7.26. The van der Waals surface area contributed by atoms with Crippen LogP contribution in [0.5, 0.6) is 0 Å². The van der Waals surface area contributed by atoms with E-state index in [1.807, 2.05) is 0 Å². The van der Waals surface area contributed by atoms with Crippen molar-refractivity contribution in [3.63, 3.8) is 0 Å². The quantitative estimate of drug-likeness (QED) is 0.522. The first-order valence-corrected chi connectivity index (χ1v) is 11.0. The van der Waals surface area contributed by atoms with Gasteiger partial charge in [0.1, 0.15) is 5.00 Å². The van der Waals surface area contributed by atoms with Gasteiger partial charge >= 0.3 is 6.09 Å². The van der Waals surface area contributed by atoms with E-state index < -0.39 is 6.09 Å². The van der Waals surface area contributed by atoms with Crippen molar-refractivity contribution in [3.05, 3.63) is 70.4 Å². The number of anilines is 3. The van der Waals surface area contributed by atoms with Gasteiger partial charge in [-0.25, -0.2) is 4.79 Å². The summed E-state index contributed by atoms with van der Waals surface area (Å²) in [7, 11) is 1.29. The second kappa shape index (κ2) is 9.61. The predicted molar refractivity (Wildman–Crippen MR) is 124 cm³/mol. The number of pyridine rings is 1. The van der Waals surface area contributed by atoms with Crippen molar-refractivity contribution in [3.8, 4) is 0 Å². The second-order valence-corrected chi connectivity index (χ2v) is 8.36. The Morgan fingerprint density at radius 2 is 1.66 bits per heavy atom. The summed E-state index contributed by atoms with van der Waals surface area (Å²) in [6, 6.07) is 10.1. The van der Waals surface area contributed by atoms with Crippen molar-refractivity contribution in [2.24, 2.45) is 0 Å². The molecule has 32 heavy (non-hydrogen) atoms. The largest absolute Gasteiger partial charge is 0.453 e. The third kappa shape index (κ3) is 4.78. The zero-order valence-electron chi connectivity index (χ0n) is 17.4. The molecule has 0 bridgehead atoms. The third-order valence-electron chi connectivity index (χ3n) is 5.12. The van der Waals surface area contributed by atoms with Gasteiger partial charge in [0.15, 0.2) is 0 Å². The molecule has 2 aromatic heterocycles. The van der Waals surface area contributed by atoms with Gasteiger partial charge in [-0.15, -0.1) is 11.3 Å². The van der Waals surface area contributed by atoms with E-state index in [1.165, 1.54) is 24.6 Å². The lowest BCUT2D eigenvalue weighted by Crippen LogP contribution is -2.18. The Bertz CT molecular complexity index is 1140. The molecule has 9 heteroatoms. The molecule has 8 nitrogen and oxygen atoms in total. The lowest BCUT2D eigenvalue weighted by molar-refractivity contribution is 0.102. The summed E-state index contributed by atoms with van der Waals surface area (Å²) < 4.78 is 4.57. The predicted octanol–water partition coefficient (Wildman–Crippen LogP) is 4.70. The maximum atomic E-state index is 13.2. The first-order chi connectivity index (χ1) is 15.5. The Labute approximate surface area is 189 Å². The number of thiophene rings is 1. The van der Waals surface area contributed by atoms with Crippen molar-refractivity contribution in [2.45, 2.75) is 25.7 Å². The van der Waals surface area contributed by atoms with Crippen LogP contribution in [-0.2, 0) is 17.6 Å². The normalized spacial score (nSPS) is 12.4. The van der Waals surface area contributed by atoms with Crippen molar-refractivity contribution in [1.29, 1.82) is 0 Å². The summed E-state index contributed by atoms with van der Waals surface area (Å²) in [5, 5.41) is 8.92. The Hall–Kier alpha value is -3.72.